The van der Waals surface area contributed by atoms with Crippen LogP contribution in [0.5, 0.6) is 0 Å². The van der Waals surface area contributed by atoms with Crippen molar-refractivity contribution in [1.82, 2.24) is 24.9 Å². The second-order valence-electron chi connectivity index (χ2n) is 7.10. The van der Waals surface area contributed by atoms with Crippen LogP contribution in [-0.4, -0.2) is 32.0 Å². The standard InChI is InChI=1S/C21H20ClN5O3/c22-16-6-4-14(5-7-16)18-8-9-20(29)27(25-18)13-19(28)23-10-11-26-21(30)12-15-2-1-3-17(15)24-26/h4-9,12H,1-3,10-11,13H2,(H,23,28). The van der Waals surface area contributed by atoms with E-state index in [2.05, 4.69) is 15.5 Å². The fourth-order valence-electron chi connectivity index (χ4n) is 3.43. The number of amides is 1. The minimum absolute atomic E-state index is 0.168. The molecule has 9 heteroatoms. The number of hydrogen-bond acceptors (Lipinski definition) is 5. The van der Waals surface area contributed by atoms with Gasteiger partial charge in [-0.05, 0) is 43.0 Å². The van der Waals surface area contributed by atoms with Crippen molar-refractivity contribution >= 4 is 17.5 Å². The Morgan fingerprint density at radius 2 is 1.80 bits per heavy atom. The van der Waals surface area contributed by atoms with Crippen molar-refractivity contribution < 1.29 is 4.79 Å². The van der Waals surface area contributed by atoms with Crippen LogP contribution in [0.15, 0.2) is 52.1 Å². The van der Waals surface area contributed by atoms with Gasteiger partial charge in [-0.1, -0.05) is 23.7 Å². The highest BCUT2D eigenvalue weighted by atomic mass is 35.5. The van der Waals surface area contributed by atoms with Crippen LogP contribution in [0.25, 0.3) is 11.3 Å². The quantitative estimate of drug-likeness (QED) is 0.644. The molecule has 4 rings (SSSR count). The Morgan fingerprint density at radius 1 is 1.00 bits per heavy atom. The monoisotopic (exact) mass is 425 g/mol. The summed E-state index contributed by atoms with van der Waals surface area (Å²) in [6, 6.07) is 11.7. The smallest absolute Gasteiger partial charge is 0.267 e. The summed E-state index contributed by atoms with van der Waals surface area (Å²) in [6.07, 6.45) is 2.78. The van der Waals surface area contributed by atoms with Crippen LogP contribution in [0.1, 0.15) is 17.7 Å². The minimum Gasteiger partial charge on any atom is -0.353 e. The first-order valence-electron chi connectivity index (χ1n) is 9.70. The molecule has 1 aliphatic carbocycles. The van der Waals surface area contributed by atoms with Crippen LogP contribution in [-0.2, 0) is 30.7 Å². The lowest BCUT2D eigenvalue weighted by atomic mass is 10.1. The Morgan fingerprint density at radius 3 is 2.60 bits per heavy atom. The number of carbonyl (C=O) groups is 1. The van der Waals surface area contributed by atoms with E-state index in [1.165, 1.54) is 10.7 Å². The number of nitrogens with one attached hydrogen (secondary N) is 1. The minimum atomic E-state index is -0.376. The van der Waals surface area contributed by atoms with Crippen LogP contribution in [0.2, 0.25) is 5.02 Å². The van der Waals surface area contributed by atoms with Gasteiger partial charge < -0.3 is 5.32 Å². The fraction of sp³-hybridized carbons (Fsp3) is 0.286. The summed E-state index contributed by atoms with van der Waals surface area (Å²) in [4.78, 5) is 36.5. The van der Waals surface area contributed by atoms with E-state index in [0.29, 0.717) is 10.7 Å². The van der Waals surface area contributed by atoms with Crippen LogP contribution in [0, 0.1) is 0 Å². The Hall–Kier alpha value is -3.26. The van der Waals surface area contributed by atoms with Crippen molar-refractivity contribution in [2.75, 3.05) is 6.54 Å². The zero-order valence-electron chi connectivity index (χ0n) is 16.2. The van der Waals surface area contributed by atoms with E-state index in [-0.39, 0.29) is 36.7 Å². The Bertz CT molecular complexity index is 1200. The molecule has 30 heavy (non-hydrogen) atoms. The molecule has 0 saturated heterocycles. The van der Waals surface area contributed by atoms with Crippen molar-refractivity contribution in [2.45, 2.75) is 32.4 Å². The predicted octanol–water partition coefficient (Wildman–Crippen LogP) is 1.43. The predicted molar refractivity (Wildman–Crippen MR) is 112 cm³/mol. The van der Waals surface area contributed by atoms with Gasteiger partial charge in [-0.25, -0.2) is 9.36 Å². The zero-order chi connectivity index (χ0) is 21.1. The summed E-state index contributed by atoms with van der Waals surface area (Å²) in [6.45, 7) is 0.286. The second kappa shape index (κ2) is 8.62. The van der Waals surface area contributed by atoms with Gasteiger partial charge >= 0.3 is 0 Å². The molecular weight excluding hydrogens is 406 g/mol. The van der Waals surface area contributed by atoms with Gasteiger partial charge in [0.2, 0.25) is 5.91 Å². The first kappa shape index (κ1) is 20.0. The fourth-order valence-corrected chi connectivity index (χ4v) is 3.56. The molecule has 1 aromatic carbocycles. The van der Waals surface area contributed by atoms with Crippen molar-refractivity contribution in [3.8, 4) is 11.3 Å². The third kappa shape index (κ3) is 4.49. The Balaban J connectivity index is 1.38. The molecule has 2 aromatic heterocycles. The number of nitrogens with zero attached hydrogens (tertiary/aromatic N) is 4. The maximum absolute atomic E-state index is 12.3. The summed E-state index contributed by atoms with van der Waals surface area (Å²) in [5, 5.41) is 12.0. The van der Waals surface area contributed by atoms with Gasteiger partial charge in [0.25, 0.3) is 11.1 Å². The molecule has 154 valence electrons. The number of fused-ring (bicyclic) bond motifs is 1. The largest absolute Gasteiger partial charge is 0.353 e. The lowest BCUT2D eigenvalue weighted by Crippen LogP contribution is -2.36. The molecule has 0 atom stereocenters. The highest BCUT2D eigenvalue weighted by Crippen LogP contribution is 2.18. The molecular formula is C21H20ClN5O3. The third-order valence-corrected chi connectivity index (χ3v) is 5.22. The van der Waals surface area contributed by atoms with Gasteiger partial charge in [-0.2, -0.15) is 10.2 Å². The molecule has 0 saturated carbocycles. The molecule has 0 radical (unpaired) electrons. The SMILES string of the molecule is O=C(Cn1nc(-c2ccc(Cl)cc2)ccc1=O)NCCn1nc2c(cc1=O)CCC2. The number of carbonyl (C=O) groups excluding carboxylic acids is 1. The summed E-state index contributed by atoms with van der Waals surface area (Å²) in [5.74, 6) is -0.368. The molecule has 2 heterocycles. The number of benzene rings is 1. The van der Waals surface area contributed by atoms with E-state index >= 15 is 0 Å². The maximum atomic E-state index is 12.3. The van der Waals surface area contributed by atoms with Gasteiger partial charge in [0.1, 0.15) is 6.54 Å². The van der Waals surface area contributed by atoms with Gasteiger partial charge in [0.05, 0.1) is 17.9 Å². The highest BCUT2D eigenvalue weighted by molar-refractivity contribution is 6.30. The summed E-state index contributed by atoms with van der Waals surface area (Å²) >= 11 is 5.90. The molecule has 1 amide bonds. The summed E-state index contributed by atoms with van der Waals surface area (Å²) in [7, 11) is 0. The molecule has 0 aliphatic heterocycles. The average Bonchev–Trinajstić information content (AvgIpc) is 3.17. The normalized spacial score (nSPS) is 12.6. The molecule has 3 aromatic rings. The van der Waals surface area contributed by atoms with E-state index < -0.39 is 0 Å². The Labute approximate surface area is 177 Å². The summed E-state index contributed by atoms with van der Waals surface area (Å²) < 4.78 is 2.48. The van der Waals surface area contributed by atoms with E-state index in [4.69, 9.17) is 11.6 Å². The second-order valence-corrected chi connectivity index (χ2v) is 7.54. The van der Waals surface area contributed by atoms with Gasteiger partial charge in [0, 0.05) is 29.3 Å². The van der Waals surface area contributed by atoms with Crippen molar-refractivity contribution in [3.63, 3.8) is 0 Å². The van der Waals surface area contributed by atoms with Crippen molar-refractivity contribution in [2.24, 2.45) is 0 Å². The van der Waals surface area contributed by atoms with Crippen LogP contribution in [0.4, 0.5) is 0 Å². The third-order valence-electron chi connectivity index (χ3n) is 4.97. The molecule has 8 nitrogen and oxygen atoms in total. The zero-order valence-corrected chi connectivity index (χ0v) is 16.9. The van der Waals surface area contributed by atoms with Crippen molar-refractivity contribution in [3.05, 3.63) is 79.5 Å². The van der Waals surface area contributed by atoms with E-state index in [1.54, 1.807) is 36.4 Å². The summed E-state index contributed by atoms with van der Waals surface area (Å²) in [5.41, 5.74) is 2.78. The molecule has 0 unspecified atom stereocenters. The molecule has 0 fully saturated rings. The van der Waals surface area contributed by atoms with Crippen molar-refractivity contribution in [1.29, 1.82) is 0 Å². The number of aryl methyl sites for hydroxylation is 2. The first-order chi connectivity index (χ1) is 14.5. The number of aromatic nitrogens is 4. The van der Waals surface area contributed by atoms with E-state index in [1.807, 2.05) is 0 Å². The van der Waals surface area contributed by atoms with Gasteiger partial charge in [-0.15, -0.1) is 0 Å². The lowest BCUT2D eigenvalue weighted by Gasteiger charge is -2.10. The molecule has 0 spiro atoms. The Kier molecular flexibility index (Phi) is 5.76. The van der Waals surface area contributed by atoms with Gasteiger partial charge in [-0.3, -0.25) is 14.4 Å². The highest BCUT2D eigenvalue weighted by Gasteiger charge is 2.15. The average molecular weight is 426 g/mol. The lowest BCUT2D eigenvalue weighted by molar-refractivity contribution is -0.121. The van der Waals surface area contributed by atoms with Crippen LogP contribution >= 0.6 is 11.6 Å². The maximum Gasteiger partial charge on any atom is 0.267 e. The van der Waals surface area contributed by atoms with Gasteiger partial charge in [0.15, 0.2) is 0 Å². The number of rotatable bonds is 6. The number of halogens is 1. The number of hydrogen-bond donors (Lipinski definition) is 1. The first-order valence-corrected chi connectivity index (χ1v) is 10.1. The van der Waals surface area contributed by atoms with Crippen LogP contribution in [0.3, 0.4) is 0 Å². The molecule has 1 aliphatic rings. The van der Waals surface area contributed by atoms with Crippen LogP contribution < -0.4 is 16.4 Å². The molecule has 0 bridgehead atoms. The van der Waals surface area contributed by atoms with E-state index in [9.17, 15) is 14.4 Å². The molecule has 1 N–H and O–H groups in total. The van der Waals surface area contributed by atoms with E-state index in [0.717, 1.165) is 40.8 Å². The topological polar surface area (TPSA) is 98.9 Å².